The first-order valence-corrected chi connectivity index (χ1v) is 5.67. The second-order valence-corrected chi connectivity index (χ2v) is 3.96. The van der Waals surface area contributed by atoms with Crippen LogP contribution in [0.25, 0.3) is 11.3 Å². The smallest absolute Gasteiger partial charge is 0.141 e. The van der Waals surface area contributed by atoms with Gasteiger partial charge >= 0.3 is 0 Å². The first-order chi connectivity index (χ1) is 8.92. The lowest BCUT2D eigenvalue weighted by Crippen LogP contribution is -1.85. The number of hydrogen-bond donors (Lipinski definition) is 0. The number of rotatable bonds is 3. The molecule has 3 aromatic rings. The second-order valence-electron chi connectivity index (χ2n) is 3.96. The van der Waals surface area contributed by atoms with E-state index >= 15 is 0 Å². The molecule has 4 nitrogen and oxygen atoms in total. The van der Waals surface area contributed by atoms with Crippen molar-refractivity contribution in [1.29, 1.82) is 0 Å². The fourth-order valence-electron chi connectivity index (χ4n) is 1.75. The highest BCUT2D eigenvalue weighted by atomic mass is 16.5. The molecule has 0 aliphatic carbocycles. The Labute approximate surface area is 104 Å². The highest BCUT2D eigenvalue weighted by Crippen LogP contribution is 2.19. The normalized spacial score (nSPS) is 10.4. The van der Waals surface area contributed by atoms with Crippen LogP contribution in [0.4, 0.5) is 0 Å². The standard InChI is InChI=1S/C14H11N3O/c1-3-11(9-15-5-1)7-13-8-14(17-18-13)12-4-2-6-16-10-12/h1-6,8-10H,7H2. The van der Waals surface area contributed by atoms with Crippen LogP contribution in [0.5, 0.6) is 0 Å². The molecule has 0 fully saturated rings. The van der Waals surface area contributed by atoms with Crippen LogP contribution in [0.3, 0.4) is 0 Å². The largest absolute Gasteiger partial charge is 0.360 e. The van der Waals surface area contributed by atoms with Crippen LogP contribution >= 0.6 is 0 Å². The number of nitrogens with zero attached hydrogens (tertiary/aromatic N) is 3. The van der Waals surface area contributed by atoms with Gasteiger partial charge in [0.15, 0.2) is 0 Å². The molecule has 88 valence electrons. The maximum Gasteiger partial charge on any atom is 0.141 e. The summed E-state index contributed by atoms with van der Waals surface area (Å²) in [5, 5.41) is 4.05. The summed E-state index contributed by atoms with van der Waals surface area (Å²) in [5.41, 5.74) is 2.87. The van der Waals surface area contributed by atoms with Crippen LogP contribution in [0.2, 0.25) is 0 Å². The lowest BCUT2D eigenvalue weighted by molar-refractivity contribution is 0.391. The highest BCUT2D eigenvalue weighted by Gasteiger charge is 2.07. The summed E-state index contributed by atoms with van der Waals surface area (Å²) in [6, 6.07) is 9.69. The predicted molar refractivity (Wildman–Crippen MR) is 66.8 cm³/mol. The Balaban J connectivity index is 1.82. The average molecular weight is 237 g/mol. The Hall–Kier alpha value is -2.49. The molecule has 0 aromatic carbocycles. The SMILES string of the molecule is c1cncc(Cc2cc(-c3cccnc3)no2)c1. The minimum Gasteiger partial charge on any atom is -0.360 e. The van der Waals surface area contributed by atoms with Crippen LogP contribution in [0.1, 0.15) is 11.3 Å². The molecule has 3 rings (SSSR count). The second kappa shape index (κ2) is 4.79. The Bertz CT molecular complexity index is 620. The third kappa shape index (κ3) is 2.27. The zero-order chi connectivity index (χ0) is 12.2. The molecule has 3 aromatic heterocycles. The third-order valence-corrected chi connectivity index (χ3v) is 2.62. The average Bonchev–Trinajstić information content (AvgIpc) is 2.89. The van der Waals surface area contributed by atoms with E-state index in [4.69, 9.17) is 4.52 Å². The first kappa shape index (κ1) is 10.7. The van der Waals surface area contributed by atoms with Crippen molar-refractivity contribution in [2.24, 2.45) is 0 Å². The van der Waals surface area contributed by atoms with E-state index in [0.717, 1.165) is 22.6 Å². The van der Waals surface area contributed by atoms with Gasteiger partial charge in [0.1, 0.15) is 11.5 Å². The molecule has 0 saturated carbocycles. The predicted octanol–water partition coefficient (Wildman–Crippen LogP) is 2.72. The first-order valence-electron chi connectivity index (χ1n) is 5.67. The minimum atomic E-state index is 0.696. The molecule has 18 heavy (non-hydrogen) atoms. The molecule has 0 unspecified atom stereocenters. The topological polar surface area (TPSA) is 51.8 Å². The molecule has 0 saturated heterocycles. The van der Waals surface area contributed by atoms with E-state index in [1.165, 1.54) is 0 Å². The maximum atomic E-state index is 5.32. The van der Waals surface area contributed by atoms with Crippen molar-refractivity contribution in [3.8, 4) is 11.3 Å². The summed E-state index contributed by atoms with van der Waals surface area (Å²) in [4.78, 5) is 8.14. The molecule has 0 aliphatic rings. The number of aromatic nitrogens is 3. The summed E-state index contributed by atoms with van der Waals surface area (Å²) in [6.45, 7) is 0. The molecule has 0 amide bonds. The van der Waals surface area contributed by atoms with E-state index < -0.39 is 0 Å². The molecule has 0 atom stereocenters. The van der Waals surface area contributed by atoms with Gasteiger partial charge in [-0.15, -0.1) is 0 Å². The zero-order valence-electron chi connectivity index (χ0n) is 9.65. The molecule has 0 aliphatic heterocycles. The van der Waals surface area contributed by atoms with Crippen LogP contribution in [-0.2, 0) is 6.42 Å². The zero-order valence-corrected chi connectivity index (χ0v) is 9.65. The fourth-order valence-corrected chi connectivity index (χ4v) is 1.75. The summed E-state index contributed by atoms with van der Waals surface area (Å²) in [5.74, 6) is 0.821. The van der Waals surface area contributed by atoms with E-state index in [1.54, 1.807) is 18.6 Å². The molecule has 0 spiro atoms. The lowest BCUT2D eigenvalue weighted by Gasteiger charge is -1.94. The maximum absolute atomic E-state index is 5.32. The van der Waals surface area contributed by atoms with Crippen LogP contribution in [0.15, 0.2) is 59.6 Å². The molecule has 0 radical (unpaired) electrons. The van der Waals surface area contributed by atoms with Crippen molar-refractivity contribution in [3.05, 3.63) is 66.4 Å². The molecule has 0 N–H and O–H groups in total. The van der Waals surface area contributed by atoms with E-state index in [0.29, 0.717) is 6.42 Å². The van der Waals surface area contributed by atoms with Gasteiger partial charge in [-0.25, -0.2) is 0 Å². The monoisotopic (exact) mass is 237 g/mol. The molecule has 0 bridgehead atoms. The van der Waals surface area contributed by atoms with Crippen LogP contribution < -0.4 is 0 Å². The molecule has 3 heterocycles. The van der Waals surface area contributed by atoms with Gasteiger partial charge in [-0.2, -0.15) is 0 Å². The molecule has 4 heteroatoms. The summed E-state index contributed by atoms with van der Waals surface area (Å²) < 4.78 is 5.32. The quantitative estimate of drug-likeness (QED) is 0.702. The Morgan fingerprint density at radius 3 is 2.56 bits per heavy atom. The van der Waals surface area contributed by atoms with Crippen LogP contribution in [0, 0.1) is 0 Å². The molecular formula is C14H11N3O. The van der Waals surface area contributed by atoms with Crippen LogP contribution in [-0.4, -0.2) is 15.1 Å². The summed E-state index contributed by atoms with van der Waals surface area (Å²) >= 11 is 0. The van der Waals surface area contributed by atoms with Gasteiger partial charge in [-0.3, -0.25) is 9.97 Å². The van der Waals surface area contributed by atoms with E-state index in [-0.39, 0.29) is 0 Å². The van der Waals surface area contributed by atoms with Crippen molar-refractivity contribution in [3.63, 3.8) is 0 Å². The van der Waals surface area contributed by atoms with Gasteiger partial charge in [-0.05, 0) is 23.8 Å². The van der Waals surface area contributed by atoms with Gasteiger partial charge in [0.05, 0.1) is 0 Å². The Morgan fingerprint density at radius 1 is 1.00 bits per heavy atom. The van der Waals surface area contributed by atoms with Gasteiger partial charge in [0.25, 0.3) is 0 Å². The van der Waals surface area contributed by atoms with Gasteiger partial charge in [-0.1, -0.05) is 11.2 Å². The van der Waals surface area contributed by atoms with Gasteiger partial charge in [0, 0.05) is 42.8 Å². The van der Waals surface area contributed by atoms with Gasteiger partial charge < -0.3 is 4.52 Å². The Kier molecular flexibility index (Phi) is 2.84. The Morgan fingerprint density at radius 2 is 1.83 bits per heavy atom. The van der Waals surface area contributed by atoms with E-state index in [2.05, 4.69) is 15.1 Å². The van der Waals surface area contributed by atoms with Crippen molar-refractivity contribution < 1.29 is 4.52 Å². The van der Waals surface area contributed by atoms with E-state index in [9.17, 15) is 0 Å². The van der Waals surface area contributed by atoms with Crippen molar-refractivity contribution >= 4 is 0 Å². The van der Waals surface area contributed by atoms with Crippen molar-refractivity contribution in [2.45, 2.75) is 6.42 Å². The number of hydrogen-bond acceptors (Lipinski definition) is 4. The van der Waals surface area contributed by atoms with Crippen molar-refractivity contribution in [1.82, 2.24) is 15.1 Å². The van der Waals surface area contributed by atoms with Gasteiger partial charge in [0.2, 0.25) is 0 Å². The summed E-state index contributed by atoms with van der Waals surface area (Å²) in [7, 11) is 0. The third-order valence-electron chi connectivity index (χ3n) is 2.62. The molecular weight excluding hydrogens is 226 g/mol. The lowest BCUT2D eigenvalue weighted by atomic mass is 10.1. The fraction of sp³-hybridized carbons (Fsp3) is 0.0714. The van der Waals surface area contributed by atoms with E-state index in [1.807, 2.05) is 36.5 Å². The summed E-state index contributed by atoms with van der Waals surface area (Å²) in [6.07, 6.45) is 7.78. The number of pyridine rings is 2. The van der Waals surface area contributed by atoms with Crippen molar-refractivity contribution in [2.75, 3.05) is 0 Å². The minimum absolute atomic E-state index is 0.696. The highest BCUT2D eigenvalue weighted by molar-refractivity contribution is 5.57.